The number of benzene rings is 1. The predicted octanol–water partition coefficient (Wildman–Crippen LogP) is 4.93. The third-order valence-electron chi connectivity index (χ3n) is 9.14. The molecule has 268 valence electrons. The molecule has 48 heavy (non-hydrogen) atoms. The van der Waals surface area contributed by atoms with Gasteiger partial charge in [-0.15, -0.1) is 11.3 Å². The van der Waals surface area contributed by atoms with E-state index in [1.54, 1.807) is 38.4 Å². The topological polar surface area (TPSA) is 150 Å². The molecule has 0 saturated heterocycles. The van der Waals surface area contributed by atoms with Gasteiger partial charge < -0.3 is 30.7 Å². The summed E-state index contributed by atoms with van der Waals surface area (Å²) in [6.07, 6.45) is 1.43. The van der Waals surface area contributed by atoms with E-state index in [-0.39, 0.29) is 53.6 Å². The molecule has 0 fully saturated rings. The van der Waals surface area contributed by atoms with Gasteiger partial charge in [0.25, 0.3) is 5.91 Å². The first-order chi connectivity index (χ1) is 22.6. The highest BCUT2D eigenvalue weighted by Crippen LogP contribution is 2.30. The highest BCUT2D eigenvalue weighted by Gasteiger charge is 2.36. The van der Waals surface area contributed by atoms with Crippen LogP contribution in [-0.2, 0) is 25.5 Å². The van der Waals surface area contributed by atoms with Crippen molar-refractivity contribution in [3.05, 3.63) is 52.0 Å². The van der Waals surface area contributed by atoms with Crippen LogP contribution < -0.4 is 16.0 Å². The molecule has 1 aromatic heterocycles. The van der Waals surface area contributed by atoms with Crippen molar-refractivity contribution in [1.82, 2.24) is 25.8 Å². The van der Waals surface area contributed by atoms with Gasteiger partial charge in [-0.3, -0.25) is 19.2 Å². The van der Waals surface area contributed by atoms with E-state index >= 15 is 0 Å². The van der Waals surface area contributed by atoms with Crippen LogP contribution in [-0.4, -0.2) is 84.1 Å². The normalized spacial score (nSPS) is 16.0. The number of carbonyl (C=O) groups is 4. The first-order valence-corrected chi connectivity index (χ1v) is 17.8. The van der Waals surface area contributed by atoms with Crippen LogP contribution in [0, 0.1) is 23.7 Å². The zero-order chi connectivity index (χ0) is 36.1. The molecule has 0 radical (unpaired) electrons. The second-order valence-electron chi connectivity index (χ2n) is 13.5. The highest BCUT2D eigenvalue weighted by molar-refractivity contribution is 7.09. The molecule has 1 heterocycles. The maximum absolute atomic E-state index is 14.0. The summed E-state index contributed by atoms with van der Waals surface area (Å²) in [6, 6.07) is 7.88. The van der Waals surface area contributed by atoms with E-state index in [0.717, 1.165) is 12.0 Å². The van der Waals surface area contributed by atoms with E-state index in [0.29, 0.717) is 17.8 Å². The van der Waals surface area contributed by atoms with Crippen molar-refractivity contribution in [3.8, 4) is 0 Å². The molecule has 0 aliphatic carbocycles. The molecule has 2 rings (SSSR count). The number of carbonyl (C=O) groups excluding carboxylic acids is 3. The van der Waals surface area contributed by atoms with Crippen LogP contribution in [0.3, 0.4) is 0 Å². The van der Waals surface area contributed by atoms with Crippen molar-refractivity contribution in [2.24, 2.45) is 23.7 Å². The Balaban J connectivity index is 2.24. The van der Waals surface area contributed by atoms with Gasteiger partial charge in [-0.05, 0) is 43.2 Å². The number of thiazole rings is 1. The summed E-state index contributed by atoms with van der Waals surface area (Å²) in [4.78, 5) is 58.5. The lowest BCUT2D eigenvalue weighted by Gasteiger charge is -2.37. The molecule has 0 aliphatic heterocycles. The van der Waals surface area contributed by atoms with Gasteiger partial charge in [0.2, 0.25) is 11.8 Å². The molecule has 12 heteroatoms. The molecule has 2 unspecified atom stereocenters. The number of likely N-dealkylation sites (N-methyl/N-ethyl adjacent to an activating group) is 2. The fraction of sp³-hybridized carbons (Fsp3) is 0.639. The van der Waals surface area contributed by atoms with Crippen LogP contribution in [0.5, 0.6) is 0 Å². The summed E-state index contributed by atoms with van der Waals surface area (Å²) >= 11 is 1.31. The van der Waals surface area contributed by atoms with Crippen molar-refractivity contribution in [1.29, 1.82) is 0 Å². The average molecular weight is 688 g/mol. The van der Waals surface area contributed by atoms with E-state index in [1.165, 1.54) is 11.3 Å². The number of ether oxygens (including phenoxy) is 1. The Morgan fingerprint density at radius 2 is 1.60 bits per heavy atom. The highest BCUT2D eigenvalue weighted by atomic mass is 32.1. The number of aromatic nitrogens is 1. The van der Waals surface area contributed by atoms with Crippen molar-refractivity contribution < 1.29 is 29.0 Å². The minimum Gasteiger partial charge on any atom is -0.481 e. The lowest BCUT2D eigenvalue weighted by Crippen LogP contribution is -2.57. The van der Waals surface area contributed by atoms with E-state index in [1.807, 2.05) is 71.9 Å². The van der Waals surface area contributed by atoms with Gasteiger partial charge in [-0.1, -0.05) is 85.2 Å². The van der Waals surface area contributed by atoms with Crippen LogP contribution >= 0.6 is 11.3 Å². The summed E-state index contributed by atoms with van der Waals surface area (Å²) in [5.41, 5.74) is 1.22. The van der Waals surface area contributed by atoms with Gasteiger partial charge in [0.15, 0.2) is 0 Å². The van der Waals surface area contributed by atoms with Crippen LogP contribution in [0.15, 0.2) is 35.7 Å². The summed E-state index contributed by atoms with van der Waals surface area (Å²) in [5.74, 6) is -2.26. The number of carboxylic acids is 1. The number of nitrogens with one attached hydrogen (secondary N) is 3. The van der Waals surface area contributed by atoms with Gasteiger partial charge in [-0.2, -0.15) is 0 Å². The van der Waals surface area contributed by atoms with Gasteiger partial charge >= 0.3 is 5.97 Å². The Kier molecular flexibility index (Phi) is 16.7. The van der Waals surface area contributed by atoms with Crippen LogP contribution in [0.4, 0.5) is 0 Å². The van der Waals surface area contributed by atoms with Gasteiger partial charge in [-0.25, -0.2) is 4.98 Å². The third kappa shape index (κ3) is 11.7. The Labute approximate surface area is 290 Å². The first-order valence-electron chi connectivity index (χ1n) is 16.9. The Hall–Kier alpha value is -3.35. The number of carboxylic acid groups (broad SMARTS) is 1. The molecule has 2 aromatic rings. The SMILES string of the molecule is CCC(C)[C@H](NC(=O)[C@@H](NC)C(C)C)C(=O)N(C)[C@H](CC(OC)c1nc(C(=O)N[C@@H](Cc2ccccc2)C[C@H](C)C(=O)O)cs1)C(C)C. The molecule has 0 saturated carbocycles. The Morgan fingerprint density at radius 3 is 2.12 bits per heavy atom. The summed E-state index contributed by atoms with van der Waals surface area (Å²) in [7, 11) is 5.10. The number of aliphatic carboxylic acids is 1. The molecular formula is C36H57N5O6S. The zero-order valence-electron chi connectivity index (χ0n) is 30.3. The molecule has 3 amide bonds. The lowest BCUT2D eigenvalue weighted by molar-refractivity contribution is -0.141. The minimum atomic E-state index is -0.917. The van der Waals surface area contributed by atoms with Crippen molar-refractivity contribution in [2.45, 2.75) is 104 Å². The third-order valence-corrected chi connectivity index (χ3v) is 10.1. The van der Waals surface area contributed by atoms with Gasteiger partial charge in [0, 0.05) is 38.0 Å². The van der Waals surface area contributed by atoms with E-state index in [4.69, 9.17) is 4.74 Å². The van der Waals surface area contributed by atoms with E-state index < -0.39 is 36.1 Å². The van der Waals surface area contributed by atoms with Crippen molar-refractivity contribution >= 4 is 35.0 Å². The van der Waals surface area contributed by atoms with Gasteiger partial charge in [0.1, 0.15) is 22.8 Å². The van der Waals surface area contributed by atoms with Crippen LogP contribution in [0.2, 0.25) is 0 Å². The zero-order valence-corrected chi connectivity index (χ0v) is 31.1. The van der Waals surface area contributed by atoms with E-state index in [2.05, 4.69) is 20.9 Å². The predicted molar refractivity (Wildman–Crippen MR) is 190 cm³/mol. The van der Waals surface area contributed by atoms with Crippen LogP contribution in [0.1, 0.15) is 94.9 Å². The maximum atomic E-state index is 14.0. The quantitative estimate of drug-likeness (QED) is 0.153. The second-order valence-corrected chi connectivity index (χ2v) is 14.4. The summed E-state index contributed by atoms with van der Waals surface area (Å²) in [5, 5.41) is 20.9. The summed E-state index contributed by atoms with van der Waals surface area (Å²) < 4.78 is 5.88. The number of amides is 3. The summed E-state index contributed by atoms with van der Waals surface area (Å²) in [6.45, 7) is 13.6. The molecular weight excluding hydrogens is 630 g/mol. The molecule has 1 aromatic carbocycles. The molecule has 7 atom stereocenters. The molecule has 0 spiro atoms. The average Bonchev–Trinajstić information content (AvgIpc) is 3.54. The molecule has 0 aliphatic rings. The van der Waals surface area contributed by atoms with Crippen molar-refractivity contribution in [2.75, 3.05) is 21.2 Å². The fourth-order valence-electron chi connectivity index (χ4n) is 5.89. The number of rotatable bonds is 20. The van der Waals surface area contributed by atoms with Gasteiger partial charge in [0.05, 0.1) is 12.0 Å². The van der Waals surface area contributed by atoms with Crippen LogP contribution in [0.25, 0.3) is 0 Å². The standard InChI is InChI=1S/C36H57N5O6S/c1-11-23(6)31(40-33(43)30(37-8)22(4)5)35(44)41(9)28(21(2)3)19-29(47-10)34-39-27(20-48-34)32(42)38-26(17-24(7)36(45)46)18-25-15-13-12-14-16-25/h12-16,20-24,26,28-31,37H,11,17-19H2,1-10H3,(H,38,42)(H,40,43)(H,45,46)/t23?,24-,26+,28+,29?,30-,31-/m0/s1. The maximum Gasteiger partial charge on any atom is 0.306 e. The number of hydrogen-bond donors (Lipinski definition) is 4. The number of methoxy groups -OCH3 is 1. The largest absolute Gasteiger partial charge is 0.481 e. The monoisotopic (exact) mass is 687 g/mol. The fourth-order valence-corrected chi connectivity index (χ4v) is 6.78. The van der Waals surface area contributed by atoms with Crippen molar-refractivity contribution in [3.63, 3.8) is 0 Å². The molecule has 0 bridgehead atoms. The smallest absolute Gasteiger partial charge is 0.306 e. The lowest BCUT2D eigenvalue weighted by atomic mass is 9.92. The Bertz CT molecular complexity index is 1320. The second kappa shape index (κ2) is 19.6. The minimum absolute atomic E-state index is 0.0552. The first kappa shape index (κ1) is 40.8. The number of nitrogens with zero attached hydrogens (tertiary/aromatic N) is 2. The van der Waals surface area contributed by atoms with E-state index in [9.17, 15) is 24.3 Å². The molecule has 4 N–H and O–H groups in total. The molecule has 11 nitrogen and oxygen atoms in total. The Morgan fingerprint density at radius 1 is 0.958 bits per heavy atom. The number of hydrogen-bond acceptors (Lipinski definition) is 8.